The maximum absolute atomic E-state index is 11.8. The first-order valence-electron chi connectivity index (χ1n) is 5.43. The van der Waals surface area contributed by atoms with E-state index in [2.05, 4.69) is 10.3 Å². The van der Waals surface area contributed by atoms with Gasteiger partial charge in [-0.15, -0.1) is 0 Å². The second-order valence-electron chi connectivity index (χ2n) is 3.88. The lowest BCUT2D eigenvalue weighted by Crippen LogP contribution is -2.10. The van der Waals surface area contributed by atoms with Gasteiger partial charge in [-0.1, -0.05) is 0 Å². The molecule has 90 valence electrons. The van der Waals surface area contributed by atoms with Crippen molar-refractivity contribution in [1.82, 2.24) is 4.98 Å². The molecule has 5 heteroatoms. The predicted molar refractivity (Wildman–Crippen MR) is 65.4 cm³/mol. The van der Waals surface area contributed by atoms with Gasteiger partial charge in [-0.05, 0) is 18.2 Å². The molecule has 1 amide bonds. The first-order chi connectivity index (χ1) is 8.72. The fourth-order valence-corrected chi connectivity index (χ4v) is 1.71. The van der Waals surface area contributed by atoms with E-state index in [1.807, 2.05) is 0 Å². The van der Waals surface area contributed by atoms with Gasteiger partial charge in [0.15, 0.2) is 11.5 Å². The number of aryl methyl sites for hydroxylation is 1. The molecule has 0 unspecified atom stereocenters. The first-order valence-corrected chi connectivity index (χ1v) is 5.43. The molecule has 0 aliphatic rings. The zero-order valence-electron chi connectivity index (χ0n) is 9.64. The minimum absolute atomic E-state index is 0.223. The highest BCUT2D eigenvalue weighted by atomic mass is 16.3. The van der Waals surface area contributed by atoms with Crippen molar-refractivity contribution in [3.8, 4) is 0 Å². The first kappa shape index (κ1) is 10.6. The van der Waals surface area contributed by atoms with E-state index >= 15 is 0 Å². The van der Waals surface area contributed by atoms with E-state index in [9.17, 15) is 4.79 Å². The lowest BCUT2D eigenvalue weighted by Gasteiger charge is -2.02. The lowest BCUT2D eigenvalue weighted by atomic mass is 10.2. The number of rotatable bonds is 2. The van der Waals surface area contributed by atoms with Crippen molar-refractivity contribution in [2.24, 2.45) is 0 Å². The quantitative estimate of drug-likeness (QED) is 0.750. The molecule has 0 aliphatic carbocycles. The van der Waals surface area contributed by atoms with E-state index in [0.717, 1.165) is 5.52 Å². The average molecular weight is 242 g/mol. The van der Waals surface area contributed by atoms with E-state index in [4.69, 9.17) is 8.83 Å². The van der Waals surface area contributed by atoms with Gasteiger partial charge in [-0.25, -0.2) is 4.98 Å². The minimum Gasteiger partial charge on any atom is -0.472 e. The molecule has 0 atom stereocenters. The highest BCUT2D eigenvalue weighted by molar-refractivity contribution is 6.04. The molecule has 5 nitrogen and oxygen atoms in total. The summed E-state index contributed by atoms with van der Waals surface area (Å²) in [5, 5.41) is 2.76. The molecular weight excluding hydrogens is 232 g/mol. The van der Waals surface area contributed by atoms with Crippen LogP contribution in [0.3, 0.4) is 0 Å². The molecular formula is C13H10N2O3. The van der Waals surface area contributed by atoms with Crippen LogP contribution in [0.15, 0.2) is 45.6 Å². The fraction of sp³-hybridized carbons (Fsp3) is 0.0769. The Hall–Kier alpha value is -2.56. The third-order valence-corrected chi connectivity index (χ3v) is 2.54. The Morgan fingerprint density at radius 1 is 1.33 bits per heavy atom. The standard InChI is InChI=1S/C13H10N2O3/c1-8-14-11-3-2-10(6-12(11)18-8)15-13(16)9-4-5-17-7-9/h2-7H,1H3,(H,15,16). The van der Waals surface area contributed by atoms with Gasteiger partial charge in [0.1, 0.15) is 11.8 Å². The average Bonchev–Trinajstić information content (AvgIpc) is 2.95. The number of nitrogens with one attached hydrogen (secondary N) is 1. The van der Waals surface area contributed by atoms with Crippen LogP contribution >= 0.6 is 0 Å². The number of furan rings is 1. The summed E-state index contributed by atoms with van der Waals surface area (Å²) in [7, 11) is 0. The summed E-state index contributed by atoms with van der Waals surface area (Å²) in [6.07, 6.45) is 2.85. The van der Waals surface area contributed by atoms with Crippen molar-refractivity contribution in [2.45, 2.75) is 6.92 Å². The number of fused-ring (bicyclic) bond motifs is 1. The molecule has 0 spiro atoms. The molecule has 3 aromatic rings. The predicted octanol–water partition coefficient (Wildman–Crippen LogP) is 2.98. The molecule has 0 fully saturated rings. The molecule has 1 N–H and O–H groups in total. The van der Waals surface area contributed by atoms with Crippen molar-refractivity contribution in [3.63, 3.8) is 0 Å². The summed E-state index contributed by atoms with van der Waals surface area (Å²) in [5.41, 5.74) is 2.56. The van der Waals surface area contributed by atoms with E-state index < -0.39 is 0 Å². The van der Waals surface area contributed by atoms with Crippen LogP contribution in [0.2, 0.25) is 0 Å². The van der Waals surface area contributed by atoms with Crippen molar-refractivity contribution in [3.05, 3.63) is 48.2 Å². The van der Waals surface area contributed by atoms with Crippen LogP contribution in [0.25, 0.3) is 11.1 Å². The topological polar surface area (TPSA) is 68.3 Å². The zero-order valence-corrected chi connectivity index (χ0v) is 9.64. The van der Waals surface area contributed by atoms with Gasteiger partial charge in [-0.3, -0.25) is 4.79 Å². The number of oxazole rings is 1. The smallest absolute Gasteiger partial charge is 0.258 e. The Balaban J connectivity index is 1.88. The number of carbonyl (C=O) groups excluding carboxylic acids is 1. The summed E-state index contributed by atoms with van der Waals surface area (Å²) in [5.74, 6) is 0.377. The molecule has 0 bridgehead atoms. The number of benzene rings is 1. The SMILES string of the molecule is Cc1nc2ccc(NC(=O)c3ccoc3)cc2o1. The second-order valence-corrected chi connectivity index (χ2v) is 3.88. The Morgan fingerprint density at radius 2 is 2.22 bits per heavy atom. The maximum Gasteiger partial charge on any atom is 0.258 e. The van der Waals surface area contributed by atoms with Gasteiger partial charge in [0, 0.05) is 18.7 Å². The minimum atomic E-state index is -0.223. The molecule has 18 heavy (non-hydrogen) atoms. The zero-order chi connectivity index (χ0) is 12.5. The van der Waals surface area contributed by atoms with Crippen LogP contribution in [-0.2, 0) is 0 Å². The van der Waals surface area contributed by atoms with Crippen molar-refractivity contribution < 1.29 is 13.6 Å². The normalized spacial score (nSPS) is 10.7. The number of hydrogen-bond donors (Lipinski definition) is 1. The summed E-state index contributed by atoms with van der Waals surface area (Å²) < 4.78 is 10.3. The molecule has 0 aliphatic heterocycles. The molecule has 2 aromatic heterocycles. The van der Waals surface area contributed by atoms with Crippen LogP contribution in [0.5, 0.6) is 0 Å². The van der Waals surface area contributed by atoms with Crippen LogP contribution in [-0.4, -0.2) is 10.9 Å². The number of anilines is 1. The molecule has 0 saturated carbocycles. The lowest BCUT2D eigenvalue weighted by molar-refractivity contribution is 0.102. The monoisotopic (exact) mass is 242 g/mol. The van der Waals surface area contributed by atoms with Crippen molar-refractivity contribution >= 4 is 22.7 Å². The van der Waals surface area contributed by atoms with Crippen molar-refractivity contribution in [1.29, 1.82) is 0 Å². The van der Waals surface area contributed by atoms with Gasteiger partial charge < -0.3 is 14.2 Å². The Morgan fingerprint density at radius 3 is 3.00 bits per heavy atom. The Kier molecular flexibility index (Phi) is 2.37. The Labute approximate surface area is 102 Å². The van der Waals surface area contributed by atoms with Crippen molar-refractivity contribution in [2.75, 3.05) is 5.32 Å². The van der Waals surface area contributed by atoms with E-state index in [-0.39, 0.29) is 5.91 Å². The largest absolute Gasteiger partial charge is 0.472 e. The van der Waals surface area contributed by atoms with Crippen LogP contribution in [0.4, 0.5) is 5.69 Å². The summed E-state index contributed by atoms with van der Waals surface area (Å²) in [6, 6.07) is 6.93. The van der Waals surface area contributed by atoms with Gasteiger partial charge in [0.05, 0.1) is 11.8 Å². The van der Waals surface area contributed by atoms with Gasteiger partial charge in [0.25, 0.3) is 5.91 Å². The fourth-order valence-electron chi connectivity index (χ4n) is 1.71. The third-order valence-electron chi connectivity index (χ3n) is 2.54. The number of nitrogens with zero attached hydrogens (tertiary/aromatic N) is 1. The van der Waals surface area contributed by atoms with Crippen LogP contribution < -0.4 is 5.32 Å². The highest BCUT2D eigenvalue weighted by Gasteiger charge is 2.09. The van der Waals surface area contributed by atoms with E-state index in [0.29, 0.717) is 22.7 Å². The van der Waals surface area contributed by atoms with E-state index in [1.165, 1.54) is 12.5 Å². The maximum atomic E-state index is 11.8. The molecule has 0 radical (unpaired) electrons. The second kappa shape index (κ2) is 4.03. The van der Waals surface area contributed by atoms with Gasteiger partial charge >= 0.3 is 0 Å². The molecule has 2 heterocycles. The van der Waals surface area contributed by atoms with Crippen LogP contribution in [0.1, 0.15) is 16.2 Å². The number of aromatic nitrogens is 1. The Bertz CT molecular complexity index is 698. The number of amides is 1. The van der Waals surface area contributed by atoms with Gasteiger partial charge in [0.2, 0.25) is 0 Å². The molecule has 0 saturated heterocycles. The van der Waals surface area contributed by atoms with Gasteiger partial charge in [-0.2, -0.15) is 0 Å². The van der Waals surface area contributed by atoms with E-state index in [1.54, 1.807) is 31.2 Å². The number of carbonyl (C=O) groups is 1. The van der Waals surface area contributed by atoms with Crippen LogP contribution in [0, 0.1) is 6.92 Å². The number of hydrogen-bond acceptors (Lipinski definition) is 4. The summed E-state index contributed by atoms with van der Waals surface area (Å²) in [4.78, 5) is 16.0. The summed E-state index contributed by atoms with van der Waals surface area (Å²) in [6.45, 7) is 1.78. The third kappa shape index (κ3) is 1.86. The highest BCUT2D eigenvalue weighted by Crippen LogP contribution is 2.20. The summed E-state index contributed by atoms with van der Waals surface area (Å²) >= 11 is 0. The molecule has 1 aromatic carbocycles. The molecule has 3 rings (SSSR count).